The number of nitrogens with two attached hydrogens (primary N) is 1. The van der Waals surface area contributed by atoms with Crippen LogP contribution < -0.4 is 15.8 Å². The summed E-state index contributed by atoms with van der Waals surface area (Å²) < 4.78 is 10.1. The first-order valence-electron chi connectivity index (χ1n) is 6.30. The zero-order valence-corrected chi connectivity index (χ0v) is 12.1. The van der Waals surface area contributed by atoms with Crippen molar-refractivity contribution in [1.82, 2.24) is 5.32 Å². The van der Waals surface area contributed by atoms with E-state index in [2.05, 4.69) is 5.32 Å². The third-order valence-electron chi connectivity index (χ3n) is 2.56. The fourth-order valence-corrected chi connectivity index (χ4v) is 1.52. The maximum absolute atomic E-state index is 12.0. The molecule has 0 aliphatic carbocycles. The predicted molar refractivity (Wildman–Crippen MR) is 75.6 cm³/mol. The van der Waals surface area contributed by atoms with Crippen molar-refractivity contribution >= 4 is 17.6 Å². The first-order chi connectivity index (χ1) is 9.35. The topological polar surface area (TPSA) is 90.7 Å². The van der Waals surface area contributed by atoms with Crippen LogP contribution in [0.1, 0.15) is 31.1 Å². The SMILES string of the molecule is COc1ccc(N)c(C(=O)OC(C)C(=O)NC(C)C)c1. The molecular weight excluding hydrogens is 260 g/mol. The molecule has 1 unspecified atom stereocenters. The van der Waals surface area contributed by atoms with Crippen LogP contribution in [0.25, 0.3) is 0 Å². The molecule has 6 heteroatoms. The van der Waals surface area contributed by atoms with E-state index in [-0.39, 0.29) is 23.2 Å². The number of nitrogen functional groups attached to an aromatic ring is 1. The van der Waals surface area contributed by atoms with E-state index in [1.807, 2.05) is 13.8 Å². The van der Waals surface area contributed by atoms with E-state index >= 15 is 0 Å². The summed E-state index contributed by atoms with van der Waals surface area (Å²) >= 11 is 0. The maximum atomic E-state index is 12.0. The van der Waals surface area contributed by atoms with Gasteiger partial charge in [0.05, 0.1) is 12.7 Å². The number of anilines is 1. The molecule has 0 heterocycles. The van der Waals surface area contributed by atoms with E-state index < -0.39 is 12.1 Å². The van der Waals surface area contributed by atoms with Crippen LogP contribution in [0, 0.1) is 0 Å². The molecule has 1 aromatic rings. The standard InChI is InChI=1S/C14H20N2O4/c1-8(2)16-13(17)9(3)20-14(18)11-7-10(19-4)5-6-12(11)15/h5-9H,15H2,1-4H3,(H,16,17). The summed E-state index contributed by atoms with van der Waals surface area (Å²) in [7, 11) is 1.49. The van der Waals surface area contributed by atoms with Gasteiger partial charge in [-0.2, -0.15) is 0 Å². The average molecular weight is 280 g/mol. The number of nitrogens with one attached hydrogen (secondary N) is 1. The molecule has 0 radical (unpaired) electrons. The zero-order chi connectivity index (χ0) is 15.3. The number of esters is 1. The molecule has 0 spiro atoms. The summed E-state index contributed by atoms with van der Waals surface area (Å²) in [6.07, 6.45) is -0.893. The van der Waals surface area contributed by atoms with Gasteiger partial charge in [-0.3, -0.25) is 4.79 Å². The zero-order valence-electron chi connectivity index (χ0n) is 12.1. The number of amides is 1. The number of hydrogen-bond acceptors (Lipinski definition) is 5. The molecule has 6 nitrogen and oxygen atoms in total. The minimum atomic E-state index is -0.893. The Morgan fingerprint density at radius 3 is 2.45 bits per heavy atom. The number of carbonyl (C=O) groups is 2. The summed E-state index contributed by atoms with van der Waals surface area (Å²) in [4.78, 5) is 23.7. The second-order valence-electron chi connectivity index (χ2n) is 4.66. The lowest BCUT2D eigenvalue weighted by Gasteiger charge is -2.16. The number of ether oxygens (including phenoxy) is 2. The van der Waals surface area contributed by atoms with Gasteiger partial charge in [-0.15, -0.1) is 0 Å². The second-order valence-corrected chi connectivity index (χ2v) is 4.66. The quantitative estimate of drug-likeness (QED) is 0.627. The highest BCUT2D eigenvalue weighted by molar-refractivity contribution is 5.97. The molecule has 0 saturated heterocycles. The smallest absolute Gasteiger partial charge is 0.341 e. The van der Waals surface area contributed by atoms with E-state index in [0.717, 1.165) is 0 Å². The van der Waals surface area contributed by atoms with Gasteiger partial charge in [0, 0.05) is 11.7 Å². The van der Waals surface area contributed by atoms with Gasteiger partial charge in [0.1, 0.15) is 5.75 Å². The van der Waals surface area contributed by atoms with Gasteiger partial charge in [-0.1, -0.05) is 0 Å². The van der Waals surface area contributed by atoms with Crippen LogP contribution in [-0.4, -0.2) is 31.1 Å². The van der Waals surface area contributed by atoms with Crippen molar-refractivity contribution in [3.63, 3.8) is 0 Å². The largest absolute Gasteiger partial charge is 0.497 e. The van der Waals surface area contributed by atoms with E-state index in [4.69, 9.17) is 15.2 Å². The van der Waals surface area contributed by atoms with Gasteiger partial charge in [0.25, 0.3) is 5.91 Å². The Bertz CT molecular complexity index is 500. The average Bonchev–Trinajstić information content (AvgIpc) is 2.38. The Hall–Kier alpha value is -2.24. The molecule has 1 amide bonds. The van der Waals surface area contributed by atoms with Crippen molar-refractivity contribution in [2.24, 2.45) is 0 Å². The Balaban J connectivity index is 2.78. The molecule has 0 aromatic heterocycles. The molecule has 0 fully saturated rings. The molecule has 3 N–H and O–H groups in total. The fourth-order valence-electron chi connectivity index (χ4n) is 1.52. The summed E-state index contributed by atoms with van der Waals surface area (Å²) in [6, 6.07) is 4.64. The number of benzene rings is 1. The van der Waals surface area contributed by atoms with Gasteiger partial charge in [0.15, 0.2) is 6.10 Å². The molecule has 110 valence electrons. The van der Waals surface area contributed by atoms with Crippen LogP contribution >= 0.6 is 0 Å². The summed E-state index contributed by atoms with van der Waals surface area (Å²) in [6.45, 7) is 5.16. The van der Waals surface area contributed by atoms with E-state index in [0.29, 0.717) is 5.75 Å². The van der Waals surface area contributed by atoms with Crippen LogP contribution in [-0.2, 0) is 9.53 Å². The first-order valence-corrected chi connectivity index (χ1v) is 6.30. The number of hydrogen-bond donors (Lipinski definition) is 2. The molecule has 0 bridgehead atoms. The van der Waals surface area contributed by atoms with Crippen molar-refractivity contribution in [2.45, 2.75) is 32.9 Å². The van der Waals surface area contributed by atoms with Crippen molar-refractivity contribution in [3.8, 4) is 5.75 Å². The van der Waals surface area contributed by atoms with E-state index in [1.54, 1.807) is 12.1 Å². The summed E-state index contributed by atoms with van der Waals surface area (Å²) in [5.41, 5.74) is 6.17. The second kappa shape index (κ2) is 6.79. The summed E-state index contributed by atoms with van der Waals surface area (Å²) in [5.74, 6) is -0.520. The van der Waals surface area contributed by atoms with E-state index in [9.17, 15) is 9.59 Å². The van der Waals surface area contributed by atoms with E-state index in [1.165, 1.54) is 20.1 Å². The number of methoxy groups -OCH3 is 1. The van der Waals surface area contributed by atoms with Crippen molar-refractivity contribution in [2.75, 3.05) is 12.8 Å². The minimum Gasteiger partial charge on any atom is -0.497 e. The van der Waals surface area contributed by atoms with Crippen LogP contribution in [0.4, 0.5) is 5.69 Å². The third kappa shape index (κ3) is 4.15. The van der Waals surface area contributed by atoms with Gasteiger partial charge in [0.2, 0.25) is 0 Å². The molecule has 1 rings (SSSR count). The normalized spacial score (nSPS) is 11.8. The highest BCUT2D eigenvalue weighted by atomic mass is 16.5. The fraction of sp³-hybridized carbons (Fsp3) is 0.429. The minimum absolute atomic E-state index is 0.0226. The molecule has 0 saturated carbocycles. The Kier molecular flexibility index (Phi) is 5.37. The van der Waals surface area contributed by atoms with Gasteiger partial charge in [-0.25, -0.2) is 4.79 Å². The Morgan fingerprint density at radius 2 is 1.90 bits per heavy atom. The molecule has 1 atom stereocenters. The molecule has 0 aliphatic heterocycles. The molecular formula is C14H20N2O4. The highest BCUT2D eigenvalue weighted by Gasteiger charge is 2.21. The van der Waals surface area contributed by atoms with Gasteiger partial charge in [-0.05, 0) is 39.0 Å². The van der Waals surface area contributed by atoms with Crippen molar-refractivity contribution in [1.29, 1.82) is 0 Å². The monoisotopic (exact) mass is 280 g/mol. The van der Waals surface area contributed by atoms with Crippen molar-refractivity contribution in [3.05, 3.63) is 23.8 Å². The van der Waals surface area contributed by atoms with Crippen LogP contribution in [0.2, 0.25) is 0 Å². The summed E-state index contributed by atoms with van der Waals surface area (Å²) in [5, 5.41) is 2.66. The maximum Gasteiger partial charge on any atom is 0.341 e. The number of carbonyl (C=O) groups excluding carboxylic acids is 2. The first kappa shape index (κ1) is 15.8. The lowest BCUT2D eigenvalue weighted by molar-refractivity contribution is -0.129. The van der Waals surface area contributed by atoms with Crippen molar-refractivity contribution < 1.29 is 19.1 Å². The van der Waals surface area contributed by atoms with Gasteiger partial charge >= 0.3 is 5.97 Å². The van der Waals surface area contributed by atoms with Crippen LogP contribution in [0.3, 0.4) is 0 Å². The number of rotatable bonds is 5. The van der Waals surface area contributed by atoms with Gasteiger partial charge < -0.3 is 20.5 Å². The highest BCUT2D eigenvalue weighted by Crippen LogP contribution is 2.20. The van der Waals surface area contributed by atoms with Crippen LogP contribution in [0.5, 0.6) is 5.75 Å². The molecule has 0 aliphatic rings. The molecule has 20 heavy (non-hydrogen) atoms. The lowest BCUT2D eigenvalue weighted by atomic mass is 10.1. The Labute approximate surface area is 118 Å². The lowest BCUT2D eigenvalue weighted by Crippen LogP contribution is -2.39. The predicted octanol–water partition coefficient (Wildman–Crippen LogP) is 1.35. The van der Waals surface area contributed by atoms with Crippen LogP contribution in [0.15, 0.2) is 18.2 Å². The molecule has 1 aromatic carbocycles. The third-order valence-corrected chi connectivity index (χ3v) is 2.56. The Morgan fingerprint density at radius 1 is 1.25 bits per heavy atom.